The molecule has 1 fully saturated rings. The van der Waals surface area contributed by atoms with E-state index in [1.54, 1.807) is 12.1 Å². The molecule has 3 rings (SSSR count). The van der Waals surface area contributed by atoms with Crippen LogP contribution in [0, 0.1) is 10.1 Å². The number of hydrogen-bond donors (Lipinski definition) is 2. The fourth-order valence-corrected chi connectivity index (χ4v) is 3.58. The van der Waals surface area contributed by atoms with Gasteiger partial charge in [-0.2, -0.15) is 0 Å². The van der Waals surface area contributed by atoms with Gasteiger partial charge < -0.3 is 15.0 Å². The van der Waals surface area contributed by atoms with Crippen LogP contribution in [0.25, 0.3) is 0 Å². The van der Waals surface area contributed by atoms with E-state index in [-0.39, 0.29) is 16.4 Å². The average Bonchev–Trinajstić information content (AvgIpc) is 3.14. The highest BCUT2D eigenvalue weighted by Crippen LogP contribution is 2.29. The molecule has 11 heteroatoms. The molecule has 2 heterocycles. The highest BCUT2D eigenvalue weighted by Gasteiger charge is 2.23. The van der Waals surface area contributed by atoms with Crippen LogP contribution in [0.4, 0.5) is 11.4 Å². The van der Waals surface area contributed by atoms with Crippen LogP contribution < -0.4 is 15.5 Å². The average molecular weight is 395 g/mol. The molecular formula is C15H17N5O4S2. The van der Waals surface area contributed by atoms with E-state index in [2.05, 4.69) is 15.6 Å². The predicted octanol–water partition coefficient (Wildman–Crippen LogP) is 1.14. The lowest BCUT2D eigenvalue weighted by atomic mass is 10.1. The molecule has 0 aromatic heterocycles. The second-order valence-electron chi connectivity index (χ2n) is 5.50. The molecule has 0 spiro atoms. The lowest BCUT2D eigenvalue weighted by Crippen LogP contribution is -2.41. The van der Waals surface area contributed by atoms with Gasteiger partial charge in [-0.3, -0.25) is 25.2 Å². The van der Waals surface area contributed by atoms with E-state index in [1.165, 1.54) is 17.8 Å². The van der Waals surface area contributed by atoms with E-state index in [4.69, 9.17) is 17.0 Å². The molecule has 26 heavy (non-hydrogen) atoms. The lowest BCUT2D eigenvalue weighted by Gasteiger charge is -2.28. The number of aliphatic imine (C=N–C) groups is 1. The number of carbonyl (C=O) groups excluding carboxylic acids is 1. The standard InChI is InChI=1S/C15H17N5O4S2/c21-13(17-14(25)18-15-16-3-8-26-15)10-1-2-11(12(9-10)20(22)23)19-4-6-24-7-5-19/h1-2,9H,3-8H2,(H2,16,17,18,21,25). The van der Waals surface area contributed by atoms with Crippen molar-refractivity contribution in [2.45, 2.75) is 0 Å². The van der Waals surface area contributed by atoms with Gasteiger partial charge in [-0.15, -0.1) is 0 Å². The third kappa shape index (κ3) is 4.48. The zero-order valence-corrected chi connectivity index (χ0v) is 15.4. The maximum atomic E-state index is 12.3. The Balaban J connectivity index is 1.72. The number of rotatable bonds is 3. The van der Waals surface area contributed by atoms with E-state index in [0.29, 0.717) is 43.7 Å². The summed E-state index contributed by atoms with van der Waals surface area (Å²) in [4.78, 5) is 29.4. The first kappa shape index (κ1) is 18.5. The van der Waals surface area contributed by atoms with Gasteiger partial charge in [0, 0.05) is 30.5 Å². The third-order valence-electron chi connectivity index (χ3n) is 3.82. The van der Waals surface area contributed by atoms with Crippen molar-refractivity contribution < 1.29 is 14.5 Å². The first-order chi connectivity index (χ1) is 12.5. The number of nitro benzene ring substituents is 1. The van der Waals surface area contributed by atoms with Crippen LogP contribution in [-0.4, -0.2) is 59.7 Å². The van der Waals surface area contributed by atoms with Gasteiger partial charge in [0.05, 0.1) is 24.7 Å². The highest BCUT2D eigenvalue weighted by atomic mass is 32.2. The SMILES string of the molecule is O=C(NC(=S)NC1=NCCS1)c1ccc(N2CCOCC2)c([N+](=O)[O-])c1. The maximum Gasteiger partial charge on any atom is 0.293 e. The van der Waals surface area contributed by atoms with Crippen molar-refractivity contribution in [3.05, 3.63) is 33.9 Å². The lowest BCUT2D eigenvalue weighted by molar-refractivity contribution is -0.384. The van der Waals surface area contributed by atoms with Crippen LogP contribution >= 0.6 is 24.0 Å². The molecule has 2 aliphatic rings. The van der Waals surface area contributed by atoms with E-state index in [1.807, 2.05) is 4.90 Å². The molecule has 0 atom stereocenters. The highest BCUT2D eigenvalue weighted by molar-refractivity contribution is 8.14. The number of nitrogens with one attached hydrogen (secondary N) is 2. The predicted molar refractivity (Wildman–Crippen MR) is 104 cm³/mol. The molecule has 2 aliphatic heterocycles. The van der Waals surface area contributed by atoms with Crippen molar-refractivity contribution in [3.8, 4) is 0 Å². The molecule has 1 aromatic rings. The van der Waals surface area contributed by atoms with Crippen molar-refractivity contribution in [3.63, 3.8) is 0 Å². The van der Waals surface area contributed by atoms with Gasteiger partial charge in [0.2, 0.25) is 0 Å². The van der Waals surface area contributed by atoms with Crippen molar-refractivity contribution in [2.75, 3.05) is 43.5 Å². The number of thiocarbonyl (C=S) groups is 1. The first-order valence-electron chi connectivity index (χ1n) is 7.95. The number of ether oxygens (including phenoxy) is 1. The van der Waals surface area contributed by atoms with Crippen molar-refractivity contribution in [2.24, 2.45) is 4.99 Å². The quantitative estimate of drug-likeness (QED) is 0.445. The summed E-state index contributed by atoms with van der Waals surface area (Å²) in [7, 11) is 0. The zero-order valence-electron chi connectivity index (χ0n) is 13.8. The molecule has 138 valence electrons. The van der Waals surface area contributed by atoms with Crippen molar-refractivity contribution >= 4 is 51.5 Å². The minimum absolute atomic E-state index is 0.114. The van der Waals surface area contributed by atoms with Crippen LogP contribution in [0.15, 0.2) is 23.2 Å². The number of nitrogens with zero attached hydrogens (tertiary/aromatic N) is 3. The van der Waals surface area contributed by atoms with Gasteiger partial charge in [-0.25, -0.2) is 0 Å². The Morgan fingerprint density at radius 1 is 1.38 bits per heavy atom. The molecule has 0 radical (unpaired) electrons. The molecule has 1 saturated heterocycles. The Morgan fingerprint density at radius 3 is 2.81 bits per heavy atom. The molecular weight excluding hydrogens is 378 g/mol. The Bertz CT molecular complexity index is 764. The summed E-state index contributed by atoms with van der Waals surface area (Å²) in [5.74, 6) is 0.358. The fourth-order valence-electron chi connectivity index (χ4n) is 2.60. The number of carbonyl (C=O) groups is 1. The minimum atomic E-state index is -0.511. The summed E-state index contributed by atoms with van der Waals surface area (Å²) >= 11 is 6.60. The second-order valence-corrected chi connectivity index (χ2v) is 7.00. The zero-order chi connectivity index (χ0) is 18.5. The number of amidine groups is 1. The van der Waals surface area contributed by atoms with Crippen LogP contribution in [0.1, 0.15) is 10.4 Å². The molecule has 1 aromatic carbocycles. The summed E-state index contributed by atoms with van der Waals surface area (Å²) in [6, 6.07) is 4.41. The van der Waals surface area contributed by atoms with E-state index < -0.39 is 10.8 Å². The molecule has 0 aliphatic carbocycles. The maximum absolute atomic E-state index is 12.3. The normalized spacial score (nSPS) is 16.8. The summed E-state index contributed by atoms with van der Waals surface area (Å²) < 4.78 is 5.27. The molecule has 0 unspecified atom stereocenters. The van der Waals surface area contributed by atoms with Crippen molar-refractivity contribution in [1.29, 1.82) is 0 Å². The van der Waals surface area contributed by atoms with Crippen molar-refractivity contribution in [1.82, 2.24) is 10.6 Å². The van der Waals surface area contributed by atoms with Gasteiger partial charge in [-0.1, -0.05) is 11.8 Å². The van der Waals surface area contributed by atoms with E-state index >= 15 is 0 Å². The van der Waals surface area contributed by atoms with Gasteiger partial charge in [0.1, 0.15) is 5.69 Å². The number of morpholine rings is 1. The summed E-state index contributed by atoms with van der Waals surface area (Å²) in [6.45, 7) is 2.88. The number of anilines is 1. The minimum Gasteiger partial charge on any atom is -0.378 e. The molecule has 2 N–H and O–H groups in total. The number of thioether (sulfide) groups is 1. The molecule has 0 saturated carbocycles. The van der Waals surface area contributed by atoms with E-state index in [0.717, 1.165) is 5.75 Å². The number of nitro groups is 1. The smallest absolute Gasteiger partial charge is 0.293 e. The van der Waals surface area contributed by atoms with E-state index in [9.17, 15) is 14.9 Å². The first-order valence-corrected chi connectivity index (χ1v) is 9.34. The number of amides is 1. The Morgan fingerprint density at radius 2 is 2.15 bits per heavy atom. The van der Waals surface area contributed by atoms with Crippen LogP contribution in [0.5, 0.6) is 0 Å². The number of benzene rings is 1. The van der Waals surface area contributed by atoms with Gasteiger partial charge in [-0.05, 0) is 24.4 Å². The summed E-state index contributed by atoms with van der Waals surface area (Å²) in [6.07, 6.45) is 0. The molecule has 9 nitrogen and oxygen atoms in total. The third-order valence-corrected chi connectivity index (χ3v) is 4.91. The molecule has 1 amide bonds. The Kier molecular flexibility index (Phi) is 6.01. The van der Waals surface area contributed by atoms with Gasteiger partial charge in [0.25, 0.3) is 11.6 Å². The van der Waals surface area contributed by atoms with Crippen LogP contribution in [0.3, 0.4) is 0 Å². The second kappa shape index (κ2) is 8.43. The van der Waals surface area contributed by atoms with Gasteiger partial charge >= 0.3 is 0 Å². The Hall–Kier alpha value is -2.24. The largest absolute Gasteiger partial charge is 0.378 e. The topological polar surface area (TPSA) is 109 Å². The van der Waals surface area contributed by atoms with Gasteiger partial charge in [0.15, 0.2) is 10.3 Å². The van der Waals surface area contributed by atoms with Crippen LogP contribution in [-0.2, 0) is 4.74 Å². The van der Waals surface area contributed by atoms with Crippen LogP contribution in [0.2, 0.25) is 0 Å². The summed E-state index contributed by atoms with van der Waals surface area (Å²) in [5, 5.41) is 17.6. The summed E-state index contributed by atoms with van der Waals surface area (Å²) in [5.41, 5.74) is 0.528. The fraction of sp³-hybridized carbons (Fsp3) is 0.400. The molecule has 0 bridgehead atoms. The monoisotopic (exact) mass is 395 g/mol. The number of hydrogen-bond acceptors (Lipinski definition) is 8. The Labute approximate surface area is 159 Å².